The number of nitrogens with zero attached hydrogens (tertiary/aromatic N) is 1. The lowest BCUT2D eigenvalue weighted by Crippen LogP contribution is -2.01. The van der Waals surface area contributed by atoms with Crippen molar-refractivity contribution in [1.29, 1.82) is 0 Å². The summed E-state index contributed by atoms with van der Waals surface area (Å²) in [5.41, 5.74) is 1.16. The van der Waals surface area contributed by atoms with Crippen LogP contribution in [0.25, 0.3) is 21.5 Å². The van der Waals surface area contributed by atoms with Crippen LogP contribution >= 0.6 is 0 Å². The lowest BCUT2D eigenvalue weighted by Gasteiger charge is -1.96. The minimum Gasteiger partial charge on any atom is -0.410 e. The molecular weight excluding hydrogens is 222 g/mol. The second kappa shape index (κ2) is 4.15. The van der Waals surface area contributed by atoms with Gasteiger partial charge in [0.05, 0.1) is 0 Å². The third-order valence-corrected chi connectivity index (χ3v) is 3.22. The Labute approximate surface area is 105 Å². The number of fused-ring (bicyclic) bond motifs is 2. The fourth-order valence-electron chi connectivity index (χ4n) is 2.31. The average molecular weight is 235 g/mol. The Bertz CT molecular complexity index is 806. The van der Waals surface area contributed by atoms with E-state index in [0.29, 0.717) is 5.36 Å². The topological polar surface area (TPSA) is 32.6 Å². The molecule has 0 unspecified atom stereocenters. The van der Waals surface area contributed by atoms with Crippen molar-refractivity contribution in [2.45, 2.75) is 6.92 Å². The van der Waals surface area contributed by atoms with E-state index < -0.39 is 0 Å². The lowest BCUT2D eigenvalue weighted by molar-refractivity contribution is 0.304. The zero-order valence-corrected chi connectivity index (χ0v) is 10.1. The lowest BCUT2D eigenvalue weighted by atomic mass is 10.1. The molecule has 0 spiro atoms. The molecule has 3 aromatic carbocycles. The highest BCUT2D eigenvalue weighted by molar-refractivity contribution is 5.93. The first-order chi connectivity index (χ1) is 8.79. The van der Waals surface area contributed by atoms with Crippen LogP contribution in [-0.4, -0.2) is 5.21 Å². The average Bonchev–Trinajstić information content (AvgIpc) is 2.54. The van der Waals surface area contributed by atoms with Gasteiger partial charge >= 0.3 is 0 Å². The van der Waals surface area contributed by atoms with E-state index in [2.05, 4.69) is 35.5 Å². The molecule has 0 radical (unpaired) electrons. The highest BCUT2D eigenvalue weighted by atomic mass is 16.4. The molecule has 2 heteroatoms. The zero-order chi connectivity index (χ0) is 12.5. The molecule has 2 nitrogen and oxygen atoms in total. The van der Waals surface area contributed by atoms with Gasteiger partial charge in [0.1, 0.15) is 5.36 Å². The normalized spacial score (nSPS) is 12.2. The SMILES string of the molecule is Cc1ccc2ccc3ccccc3c(=NO)c2c1. The smallest absolute Gasteiger partial charge is 0.118 e. The standard InChI is InChI=1S/C16H13NO/c1-11-6-7-13-9-8-12-4-2-3-5-14(12)16(17-18)15(13)10-11/h2-10,18H,1H3. The Morgan fingerprint density at radius 1 is 0.833 bits per heavy atom. The highest BCUT2D eigenvalue weighted by Crippen LogP contribution is 2.16. The van der Waals surface area contributed by atoms with Crippen molar-refractivity contribution in [2.24, 2.45) is 5.16 Å². The first-order valence-electron chi connectivity index (χ1n) is 5.90. The van der Waals surface area contributed by atoms with Crippen molar-refractivity contribution in [1.82, 2.24) is 0 Å². The van der Waals surface area contributed by atoms with Crippen molar-refractivity contribution < 1.29 is 5.21 Å². The van der Waals surface area contributed by atoms with E-state index in [1.165, 1.54) is 0 Å². The Hall–Kier alpha value is -2.35. The van der Waals surface area contributed by atoms with Gasteiger partial charge in [-0.2, -0.15) is 0 Å². The van der Waals surface area contributed by atoms with Crippen LogP contribution < -0.4 is 5.36 Å². The maximum absolute atomic E-state index is 9.36. The predicted octanol–water partition coefficient (Wildman–Crippen LogP) is 3.59. The van der Waals surface area contributed by atoms with Crippen molar-refractivity contribution in [3.05, 3.63) is 65.5 Å². The number of hydrogen-bond acceptors (Lipinski definition) is 2. The Balaban J connectivity index is 2.69. The van der Waals surface area contributed by atoms with Gasteiger partial charge in [-0.25, -0.2) is 0 Å². The van der Waals surface area contributed by atoms with Crippen LogP contribution in [0.1, 0.15) is 5.56 Å². The Kier molecular flexibility index (Phi) is 2.49. The van der Waals surface area contributed by atoms with Crippen LogP contribution in [-0.2, 0) is 0 Å². The summed E-state index contributed by atoms with van der Waals surface area (Å²) in [5, 5.41) is 17.6. The van der Waals surface area contributed by atoms with Gasteiger partial charge in [-0.3, -0.25) is 0 Å². The fourth-order valence-corrected chi connectivity index (χ4v) is 2.31. The summed E-state index contributed by atoms with van der Waals surface area (Å²) in [6, 6.07) is 18.2. The number of benzene rings is 2. The number of aryl methyl sites for hydroxylation is 1. The molecule has 0 saturated heterocycles. The van der Waals surface area contributed by atoms with E-state index in [-0.39, 0.29) is 0 Å². The summed E-state index contributed by atoms with van der Waals surface area (Å²) in [6.45, 7) is 2.04. The van der Waals surface area contributed by atoms with Crippen LogP contribution in [0.3, 0.4) is 0 Å². The van der Waals surface area contributed by atoms with Gasteiger partial charge in [0, 0.05) is 10.8 Å². The van der Waals surface area contributed by atoms with Gasteiger partial charge in [0.2, 0.25) is 0 Å². The van der Waals surface area contributed by atoms with E-state index in [4.69, 9.17) is 0 Å². The molecule has 0 aliphatic carbocycles. The van der Waals surface area contributed by atoms with Gasteiger partial charge in [-0.15, -0.1) is 0 Å². The van der Waals surface area contributed by atoms with Crippen molar-refractivity contribution in [3.8, 4) is 0 Å². The summed E-state index contributed by atoms with van der Waals surface area (Å²) in [6.07, 6.45) is 0. The van der Waals surface area contributed by atoms with Crippen LogP contribution in [0.15, 0.2) is 59.8 Å². The quantitative estimate of drug-likeness (QED) is 0.468. The molecule has 88 valence electrons. The molecule has 0 bridgehead atoms. The monoisotopic (exact) mass is 235 g/mol. The van der Waals surface area contributed by atoms with Crippen LogP contribution in [0.2, 0.25) is 0 Å². The molecule has 18 heavy (non-hydrogen) atoms. The molecule has 0 aliphatic rings. The first-order valence-corrected chi connectivity index (χ1v) is 5.90. The molecule has 0 fully saturated rings. The van der Waals surface area contributed by atoms with E-state index in [1.54, 1.807) is 0 Å². The summed E-state index contributed by atoms with van der Waals surface area (Å²) in [7, 11) is 0. The van der Waals surface area contributed by atoms with Crippen molar-refractivity contribution >= 4 is 21.5 Å². The molecule has 0 aromatic heterocycles. The van der Waals surface area contributed by atoms with Gasteiger partial charge in [-0.1, -0.05) is 59.3 Å². The summed E-state index contributed by atoms with van der Waals surface area (Å²) >= 11 is 0. The van der Waals surface area contributed by atoms with Crippen LogP contribution in [0.5, 0.6) is 0 Å². The third-order valence-electron chi connectivity index (χ3n) is 3.22. The summed E-state index contributed by atoms with van der Waals surface area (Å²) in [5.74, 6) is 0. The minimum absolute atomic E-state index is 0.634. The van der Waals surface area contributed by atoms with Gasteiger partial charge in [0.25, 0.3) is 0 Å². The third kappa shape index (κ3) is 1.63. The molecule has 0 heterocycles. The van der Waals surface area contributed by atoms with Crippen molar-refractivity contribution in [3.63, 3.8) is 0 Å². The molecule has 0 amide bonds. The molecule has 0 atom stereocenters. The molecule has 0 aliphatic heterocycles. The summed E-state index contributed by atoms with van der Waals surface area (Å²) in [4.78, 5) is 0. The van der Waals surface area contributed by atoms with E-state index >= 15 is 0 Å². The van der Waals surface area contributed by atoms with Gasteiger partial charge in [-0.05, 0) is 23.8 Å². The molecule has 3 aromatic rings. The first kappa shape index (κ1) is 10.8. The Morgan fingerprint density at radius 2 is 1.50 bits per heavy atom. The number of rotatable bonds is 0. The van der Waals surface area contributed by atoms with E-state index in [9.17, 15) is 5.21 Å². The second-order valence-electron chi connectivity index (χ2n) is 4.46. The van der Waals surface area contributed by atoms with Gasteiger partial charge in [0.15, 0.2) is 0 Å². The molecule has 0 saturated carbocycles. The maximum Gasteiger partial charge on any atom is 0.118 e. The fraction of sp³-hybridized carbons (Fsp3) is 0.0625. The summed E-state index contributed by atoms with van der Waals surface area (Å²) < 4.78 is 0. The van der Waals surface area contributed by atoms with Crippen molar-refractivity contribution in [2.75, 3.05) is 0 Å². The van der Waals surface area contributed by atoms with Gasteiger partial charge < -0.3 is 5.21 Å². The predicted molar refractivity (Wildman–Crippen MR) is 73.5 cm³/mol. The molecule has 3 rings (SSSR count). The Morgan fingerprint density at radius 3 is 2.28 bits per heavy atom. The second-order valence-corrected chi connectivity index (χ2v) is 4.46. The minimum atomic E-state index is 0.634. The molecular formula is C16H13NO. The highest BCUT2D eigenvalue weighted by Gasteiger charge is 2.01. The largest absolute Gasteiger partial charge is 0.410 e. The maximum atomic E-state index is 9.36. The van der Waals surface area contributed by atoms with E-state index in [0.717, 1.165) is 27.1 Å². The zero-order valence-electron chi connectivity index (χ0n) is 10.1. The van der Waals surface area contributed by atoms with E-state index in [1.807, 2.05) is 31.2 Å². The van der Waals surface area contributed by atoms with Crippen LogP contribution in [0.4, 0.5) is 0 Å². The number of hydrogen-bond donors (Lipinski definition) is 1. The molecule has 1 N–H and O–H groups in total. The van der Waals surface area contributed by atoms with Crippen LogP contribution in [0, 0.1) is 6.92 Å².